The highest BCUT2D eigenvalue weighted by Crippen LogP contribution is 2.60. The van der Waals surface area contributed by atoms with Gasteiger partial charge in [-0.25, -0.2) is 9.59 Å². The maximum Gasteiger partial charge on any atom is 0.328 e. The van der Waals surface area contributed by atoms with E-state index in [2.05, 4.69) is 36.2 Å². The van der Waals surface area contributed by atoms with Crippen molar-refractivity contribution < 1.29 is 29.3 Å². The Balaban J connectivity index is 0.000000314. The number of carboxylic acids is 2. The molecule has 1 amide bonds. The zero-order valence-corrected chi connectivity index (χ0v) is 20.4. The van der Waals surface area contributed by atoms with E-state index >= 15 is 0 Å². The number of amides is 1. The summed E-state index contributed by atoms with van der Waals surface area (Å²) in [5, 5.41) is 15.6. The van der Waals surface area contributed by atoms with Gasteiger partial charge in [0.15, 0.2) is 6.61 Å². The van der Waals surface area contributed by atoms with Crippen molar-refractivity contribution in [1.82, 2.24) is 9.80 Å². The number of benzene rings is 1. The second-order valence-corrected chi connectivity index (χ2v) is 10.7. The van der Waals surface area contributed by atoms with Crippen LogP contribution in [0.1, 0.15) is 44.1 Å². The summed E-state index contributed by atoms with van der Waals surface area (Å²) in [6, 6.07) is 8.74. The van der Waals surface area contributed by atoms with Crippen molar-refractivity contribution in [1.29, 1.82) is 0 Å². The van der Waals surface area contributed by atoms with Gasteiger partial charge < -0.3 is 24.7 Å². The molecule has 0 spiro atoms. The van der Waals surface area contributed by atoms with Crippen molar-refractivity contribution in [3.05, 3.63) is 42.0 Å². The summed E-state index contributed by atoms with van der Waals surface area (Å²) in [6.07, 6.45) is 9.73. The smallest absolute Gasteiger partial charge is 0.328 e. The van der Waals surface area contributed by atoms with Gasteiger partial charge in [-0.05, 0) is 86.4 Å². The number of aliphatic carboxylic acids is 2. The Labute approximate surface area is 206 Å². The minimum atomic E-state index is -1.26. The van der Waals surface area contributed by atoms with Gasteiger partial charge in [-0.1, -0.05) is 12.1 Å². The second kappa shape index (κ2) is 10.8. The standard InChI is InChI=1S/C23H32N2O2.C4H4O4/c1-24-6-8-25(9-7-24)22(26)16-27-21-4-2-20(3-5-21)23-13-17-10-18(14-23)12-19(11-17)15-23;5-3(6)1-2-4(7)8/h2-5,17-19H,6-16H2,1H3;1-2H,(H,5,6)(H,7,8)/b;2-1+. The molecule has 0 radical (unpaired) electrons. The lowest BCUT2D eigenvalue weighted by Gasteiger charge is -2.57. The van der Waals surface area contributed by atoms with Gasteiger partial charge in [-0.15, -0.1) is 0 Å². The molecule has 4 saturated carbocycles. The monoisotopic (exact) mass is 484 g/mol. The molecule has 1 aliphatic heterocycles. The fourth-order valence-corrected chi connectivity index (χ4v) is 6.80. The molecule has 35 heavy (non-hydrogen) atoms. The average Bonchev–Trinajstić information content (AvgIpc) is 2.81. The number of carbonyl (C=O) groups excluding carboxylic acids is 1. The van der Waals surface area contributed by atoms with Crippen molar-refractivity contribution in [2.24, 2.45) is 17.8 Å². The van der Waals surface area contributed by atoms with Crippen molar-refractivity contribution >= 4 is 17.8 Å². The first kappa shape index (κ1) is 25.2. The summed E-state index contributed by atoms with van der Waals surface area (Å²) in [4.78, 5) is 35.6. The lowest BCUT2D eigenvalue weighted by atomic mass is 9.48. The third kappa shape index (κ3) is 6.42. The molecule has 0 unspecified atom stereocenters. The molecule has 8 nitrogen and oxygen atoms in total. The quantitative estimate of drug-likeness (QED) is 0.598. The van der Waals surface area contributed by atoms with Crippen molar-refractivity contribution in [3.8, 4) is 5.75 Å². The number of piperazine rings is 1. The molecule has 5 fully saturated rings. The van der Waals surface area contributed by atoms with E-state index in [0.717, 1.165) is 49.7 Å². The first-order valence-electron chi connectivity index (χ1n) is 12.6. The number of hydrogen-bond acceptors (Lipinski definition) is 5. The Morgan fingerprint density at radius 3 is 1.83 bits per heavy atom. The molecule has 190 valence electrons. The van der Waals surface area contributed by atoms with Crippen LogP contribution in [0.15, 0.2) is 36.4 Å². The molecule has 6 rings (SSSR count). The zero-order valence-electron chi connectivity index (χ0n) is 20.4. The highest BCUT2D eigenvalue weighted by molar-refractivity contribution is 5.89. The lowest BCUT2D eigenvalue weighted by Crippen LogP contribution is -2.48. The third-order valence-electron chi connectivity index (χ3n) is 8.09. The molecule has 1 aromatic carbocycles. The summed E-state index contributed by atoms with van der Waals surface area (Å²) in [6.45, 7) is 3.67. The fourth-order valence-electron chi connectivity index (χ4n) is 6.80. The summed E-state index contributed by atoms with van der Waals surface area (Å²) in [7, 11) is 2.10. The van der Waals surface area contributed by atoms with Gasteiger partial charge in [-0.3, -0.25) is 4.79 Å². The van der Waals surface area contributed by atoms with Crippen molar-refractivity contribution in [2.45, 2.75) is 43.9 Å². The second-order valence-electron chi connectivity index (χ2n) is 10.7. The SMILES string of the molecule is CN1CCN(C(=O)COc2ccc(C34CC5CC(CC(C5)C3)C4)cc2)CC1.O=C(O)/C=C/C(=O)O. The summed E-state index contributed by atoms with van der Waals surface area (Å²) >= 11 is 0. The number of likely N-dealkylation sites (N-methyl/N-ethyl adjacent to an activating group) is 1. The molecule has 8 heteroatoms. The van der Waals surface area contributed by atoms with Crippen LogP contribution >= 0.6 is 0 Å². The van der Waals surface area contributed by atoms with Gasteiger partial charge >= 0.3 is 11.9 Å². The normalized spacial score (nSPS) is 29.5. The van der Waals surface area contributed by atoms with Crippen LogP contribution in [0.4, 0.5) is 0 Å². The molecular weight excluding hydrogens is 448 g/mol. The van der Waals surface area contributed by atoms with E-state index in [4.69, 9.17) is 14.9 Å². The van der Waals surface area contributed by atoms with E-state index < -0.39 is 11.9 Å². The lowest BCUT2D eigenvalue weighted by molar-refractivity contribution is -0.135. The molecule has 2 N–H and O–H groups in total. The van der Waals surface area contributed by atoms with Crippen molar-refractivity contribution in [3.63, 3.8) is 0 Å². The number of carbonyl (C=O) groups is 3. The van der Waals surface area contributed by atoms with Crippen LogP contribution in [0.5, 0.6) is 5.75 Å². The van der Waals surface area contributed by atoms with Crippen LogP contribution in [0, 0.1) is 17.8 Å². The van der Waals surface area contributed by atoms with E-state index in [1.165, 1.54) is 44.1 Å². The molecular formula is C27H36N2O6. The number of nitrogens with zero attached hydrogens (tertiary/aromatic N) is 2. The minimum Gasteiger partial charge on any atom is -0.484 e. The Morgan fingerprint density at radius 2 is 1.37 bits per heavy atom. The Kier molecular flexibility index (Phi) is 7.79. The molecule has 1 aromatic rings. The third-order valence-corrected chi connectivity index (χ3v) is 8.09. The molecule has 5 aliphatic rings. The number of carboxylic acid groups (broad SMARTS) is 2. The maximum absolute atomic E-state index is 12.4. The molecule has 0 atom stereocenters. The zero-order chi connectivity index (χ0) is 25.0. The van der Waals surface area contributed by atoms with E-state index in [-0.39, 0.29) is 12.5 Å². The van der Waals surface area contributed by atoms with Crippen LogP contribution in [0.2, 0.25) is 0 Å². The Morgan fingerprint density at radius 1 is 0.886 bits per heavy atom. The van der Waals surface area contributed by atoms with Gasteiger partial charge in [-0.2, -0.15) is 0 Å². The summed E-state index contributed by atoms with van der Waals surface area (Å²) < 4.78 is 5.82. The van der Waals surface area contributed by atoms with E-state index in [1.54, 1.807) is 0 Å². The number of rotatable bonds is 6. The highest BCUT2D eigenvalue weighted by atomic mass is 16.5. The molecule has 4 bridgehead atoms. The fraction of sp³-hybridized carbons (Fsp3) is 0.593. The van der Waals surface area contributed by atoms with Crippen LogP contribution in [0.25, 0.3) is 0 Å². The van der Waals surface area contributed by atoms with E-state index in [0.29, 0.717) is 17.6 Å². The Hall–Kier alpha value is -2.87. The van der Waals surface area contributed by atoms with E-state index in [9.17, 15) is 14.4 Å². The largest absolute Gasteiger partial charge is 0.484 e. The van der Waals surface area contributed by atoms with Crippen LogP contribution < -0.4 is 4.74 Å². The minimum absolute atomic E-state index is 0.105. The van der Waals surface area contributed by atoms with Gasteiger partial charge in [0, 0.05) is 38.3 Å². The first-order valence-corrected chi connectivity index (χ1v) is 12.6. The van der Waals surface area contributed by atoms with Crippen molar-refractivity contribution in [2.75, 3.05) is 39.8 Å². The van der Waals surface area contributed by atoms with Gasteiger partial charge in [0.05, 0.1) is 0 Å². The number of hydrogen-bond donors (Lipinski definition) is 2. The number of ether oxygens (including phenoxy) is 1. The molecule has 4 aliphatic carbocycles. The predicted octanol–water partition coefficient (Wildman–Crippen LogP) is 3.02. The van der Waals surface area contributed by atoms with Crippen LogP contribution in [-0.4, -0.2) is 77.7 Å². The van der Waals surface area contributed by atoms with Crippen LogP contribution in [0.3, 0.4) is 0 Å². The van der Waals surface area contributed by atoms with E-state index in [1.807, 2.05) is 4.90 Å². The molecule has 1 heterocycles. The van der Waals surface area contributed by atoms with Crippen LogP contribution in [-0.2, 0) is 19.8 Å². The molecule has 1 saturated heterocycles. The topological polar surface area (TPSA) is 107 Å². The average molecular weight is 485 g/mol. The van der Waals surface area contributed by atoms with Gasteiger partial charge in [0.25, 0.3) is 5.91 Å². The summed E-state index contributed by atoms with van der Waals surface area (Å²) in [5.74, 6) is 1.31. The predicted molar refractivity (Wildman–Crippen MR) is 130 cm³/mol. The van der Waals surface area contributed by atoms with Gasteiger partial charge in [0.1, 0.15) is 5.75 Å². The highest BCUT2D eigenvalue weighted by Gasteiger charge is 2.51. The summed E-state index contributed by atoms with van der Waals surface area (Å²) in [5.41, 5.74) is 1.95. The molecule has 0 aromatic heterocycles. The Bertz CT molecular complexity index is 898. The van der Waals surface area contributed by atoms with Gasteiger partial charge in [0.2, 0.25) is 0 Å². The maximum atomic E-state index is 12.4. The first-order chi connectivity index (χ1) is 16.7.